The number of aliphatic imine (C=N–C) groups is 1. The first-order valence-corrected chi connectivity index (χ1v) is 7.04. The summed E-state index contributed by atoms with van der Waals surface area (Å²) >= 11 is 0. The lowest BCUT2D eigenvalue weighted by Gasteiger charge is -2.28. The van der Waals surface area contributed by atoms with Crippen LogP contribution in [0.3, 0.4) is 0 Å². The molecule has 98 valence electrons. The van der Waals surface area contributed by atoms with Crippen LogP contribution in [-0.2, 0) is 21.9 Å². The summed E-state index contributed by atoms with van der Waals surface area (Å²) in [5.74, 6) is 0. The maximum Gasteiger partial charge on any atom is 0.246 e. The number of piperidine rings is 1. The van der Waals surface area contributed by atoms with E-state index in [1.54, 1.807) is 7.05 Å². The van der Waals surface area contributed by atoms with E-state index < -0.39 is 10.0 Å². The number of rotatable bonds is 3. The number of nitrogens with zero attached hydrogens (tertiary/aromatic N) is 4. The van der Waals surface area contributed by atoms with Gasteiger partial charge in [0.1, 0.15) is 4.90 Å². The Morgan fingerprint density at radius 1 is 1.56 bits per heavy atom. The Hall–Kier alpha value is -1.50. The summed E-state index contributed by atoms with van der Waals surface area (Å²) in [5, 5.41) is 3.86. The maximum absolute atomic E-state index is 12.3. The van der Waals surface area contributed by atoms with Crippen molar-refractivity contribution in [2.24, 2.45) is 12.0 Å². The van der Waals surface area contributed by atoms with Gasteiger partial charge in [-0.05, 0) is 12.8 Å². The molecule has 7 nitrogen and oxygen atoms in total. The minimum absolute atomic E-state index is 0.167. The van der Waals surface area contributed by atoms with Crippen molar-refractivity contribution in [2.75, 3.05) is 13.1 Å². The molecule has 0 amide bonds. The summed E-state index contributed by atoms with van der Waals surface area (Å²) < 4.78 is 27.4. The zero-order chi connectivity index (χ0) is 13.2. The molecular weight excluding hydrogens is 256 g/mol. The highest BCUT2D eigenvalue weighted by atomic mass is 32.2. The summed E-state index contributed by atoms with van der Waals surface area (Å²) in [5.41, 5.74) is 0. The lowest BCUT2D eigenvalue weighted by Crippen LogP contribution is -2.41. The highest BCUT2D eigenvalue weighted by Gasteiger charge is 2.30. The van der Waals surface area contributed by atoms with E-state index >= 15 is 0 Å². The highest BCUT2D eigenvalue weighted by molar-refractivity contribution is 7.89. The third-order valence-electron chi connectivity index (χ3n) is 2.91. The maximum atomic E-state index is 12.3. The predicted octanol–water partition coefficient (Wildman–Crippen LogP) is -0.0910. The summed E-state index contributed by atoms with van der Waals surface area (Å²) in [6.45, 7) is 0.675. The van der Waals surface area contributed by atoms with E-state index in [0.717, 1.165) is 0 Å². The smallest absolute Gasteiger partial charge is 0.246 e. The first-order valence-electron chi connectivity index (χ1n) is 5.60. The molecular formula is C10H14N4O3S. The van der Waals surface area contributed by atoms with Crippen molar-refractivity contribution in [2.45, 2.75) is 23.8 Å². The molecule has 0 aliphatic carbocycles. The number of isocyanates is 1. The van der Waals surface area contributed by atoms with E-state index in [9.17, 15) is 13.2 Å². The van der Waals surface area contributed by atoms with Crippen molar-refractivity contribution < 1.29 is 13.2 Å². The molecule has 2 heterocycles. The largest absolute Gasteiger partial charge is 0.274 e. The fraction of sp³-hybridized carbons (Fsp3) is 0.600. The molecule has 0 bridgehead atoms. The highest BCUT2D eigenvalue weighted by Crippen LogP contribution is 2.21. The van der Waals surface area contributed by atoms with Gasteiger partial charge in [0.2, 0.25) is 16.1 Å². The number of hydrogen-bond donors (Lipinski definition) is 0. The molecule has 1 aliphatic rings. The van der Waals surface area contributed by atoms with E-state index in [4.69, 9.17) is 0 Å². The van der Waals surface area contributed by atoms with Gasteiger partial charge in [-0.1, -0.05) is 0 Å². The van der Waals surface area contributed by atoms with Gasteiger partial charge < -0.3 is 0 Å². The molecule has 2 rings (SSSR count). The van der Waals surface area contributed by atoms with Crippen LogP contribution in [0.2, 0.25) is 0 Å². The van der Waals surface area contributed by atoms with Crippen molar-refractivity contribution in [3.8, 4) is 0 Å². The normalized spacial score (nSPS) is 21.5. The van der Waals surface area contributed by atoms with Gasteiger partial charge in [0.05, 0.1) is 12.2 Å². The van der Waals surface area contributed by atoms with Crippen LogP contribution in [0.5, 0.6) is 0 Å². The molecule has 1 fully saturated rings. The van der Waals surface area contributed by atoms with E-state index in [0.29, 0.717) is 19.4 Å². The van der Waals surface area contributed by atoms with Gasteiger partial charge in [0.25, 0.3) is 0 Å². The molecule has 18 heavy (non-hydrogen) atoms. The van der Waals surface area contributed by atoms with Crippen molar-refractivity contribution in [1.29, 1.82) is 0 Å². The van der Waals surface area contributed by atoms with Crippen LogP contribution >= 0.6 is 0 Å². The Bertz CT molecular complexity index is 574. The van der Waals surface area contributed by atoms with Gasteiger partial charge >= 0.3 is 0 Å². The predicted molar refractivity (Wildman–Crippen MR) is 63.1 cm³/mol. The zero-order valence-electron chi connectivity index (χ0n) is 9.98. The summed E-state index contributed by atoms with van der Waals surface area (Å²) in [6, 6.07) is -0.289. The Morgan fingerprint density at radius 2 is 2.33 bits per heavy atom. The summed E-state index contributed by atoms with van der Waals surface area (Å²) in [4.78, 5) is 14.0. The molecule has 8 heteroatoms. The number of aromatic nitrogens is 2. The van der Waals surface area contributed by atoms with Gasteiger partial charge in [-0.3, -0.25) is 4.68 Å². The first kappa shape index (κ1) is 12.9. The molecule has 1 aromatic heterocycles. The van der Waals surface area contributed by atoms with Gasteiger partial charge in [-0.25, -0.2) is 18.2 Å². The van der Waals surface area contributed by atoms with E-state index in [-0.39, 0.29) is 17.5 Å². The van der Waals surface area contributed by atoms with Crippen LogP contribution in [0.1, 0.15) is 12.8 Å². The van der Waals surface area contributed by atoms with Crippen LogP contribution < -0.4 is 0 Å². The number of sulfonamides is 1. The van der Waals surface area contributed by atoms with Crippen LogP contribution in [-0.4, -0.2) is 47.7 Å². The topological polar surface area (TPSA) is 84.6 Å². The molecule has 0 saturated carbocycles. The SMILES string of the molecule is Cn1cc(S(=O)(=O)N2CCCC(N=C=O)C2)cn1. The van der Waals surface area contributed by atoms with Gasteiger partial charge in [-0.15, -0.1) is 0 Å². The Morgan fingerprint density at radius 3 is 2.94 bits per heavy atom. The Labute approximate surface area is 105 Å². The standard InChI is InChI=1S/C10H14N4O3S/c1-13-7-10(5-12-13)18(16,17)14-4-2-3-9(6-14)11-8-15/h5,7,9H,2-4,6H2,1H3. The molecule has 1 unspecified atom stereocenters. The fourth-order valence-corrected chi connectivity index (χ4v) is 3.50. The zero-order valence-corrected chi connectivity index (χ0v) is 10.8. The molecule has 1 aliphatic heterocycles. The van der Waals surface area contributed by atoms with E-state index in [1.807, 2.05) is 0 Å². The molecule has 0 spiro atoms. The summed E-state index contributed by atoms with van der Waals surface area (Å²) in [6.07, 6.45) is 5.68. The van der Waals surface area contributed by atoms with Crippen LogP contribution in [0.25, 0.3) is 0 Å². The average molecular weight is 270 g/mol. The monoisotopic (exact) mass is 270 g/mol. The van der Waals surface area contributed by atoms with Crippen molar-refractivity contribution in [3.05, 3.63) is 12.4 Å². The third kappa shape index (κ3) is 2.50. The molecule has 1 saturated heterocycles. The number of hydrogen-bond acceptors (Lipinski definition) is 5. The number of carbonyl (C=O) groups excluding carboxylic acids is 1. The second kappa shape index (κ2) is 5.01. The quantitative estimate of drug-likeness (QED) is 0.567. The minimum Gasteiger partial charge on any atom is -0.274 e. The fourth-order valence-electron chi connectivity index (χ4n) is 2.00. The lowest BCUT2D eigenvalue weighted by atomic mass is 10.1. The van der Waals surface area contributed by atoms with Gasteiger partial charge in [-0.2, -0.15) is 9.40 Å². The molecule has 1 aromatic rings. The Kier molecular flexibility index (Phi) is 3.60. The van der Waals surface area contributed by atoms with E-state index in [1.165, 1.54) is 27.5 Å². The molecule has 0 N–H and O–H groups in total. The van der Waals surface area contributed by atoms with Crippen molar-refractivity contribution >= 4 is 16.1 Å². The van der Waals surface area contributed by atoms with Crippen molar-refractivity contribution in [3.63, 3.8) is 0 Å². The Balaban J connectivity index is 2.22. The van der Waals surface area contributed by atoms with Gasteiger partial charge in [0.15, 0.2) is 0 Å². The third-order valence-corrected chi connectivity index (χ3v) is 4.73. The second-order valence-corrected chi connectivity index (χ2v) is 6.17. The van der Waals surface area contributed by atoms with Crippen LogP contribution in [0, 0.1) is 0 Å². The summed E-state index contributed by atoms with van der Waals surface area (Å²) in [7, 11) is -1.87. The molecule has 0 radical (unpaired) electrons. The molecule has 1 atom stereocenters. The lowest BCUT2D eigenvalue weighted by molar-refractivity contribution is 0.316. The van der Waals surface area contributed by atoms with E-state index in [2.05, 4.69) is 10.1 Å². The average Bonchev–Trinajstić information content (AvgIpc) is 2.77. The van der Waals surface area contributed by atoms with Crippen LogP contribution in [0.15, 0.2) is 22.3 Å². The van der Waals surface area contributed by atoms with Gasteiger partial charge in [0, 0.05) is 26.3 Å². The first-order chi connectivity index (χ1) is 8.54. The van der Waals surface area contributed by atoms with Crippen molar-refractivity contribution in [1.82, 2.24) is 14.1 Å². The number of aryl methyl sites for hydroxylation is 1. The second-order valence-electron chi connectivity index (χ2n) is 4.23. The minimum atomic E-state index is -3.53. The molecule has 0 aromatic carbocycles. The van der Waals surface area contributed by atoms with Crippen LogP contribution in [0.4, 0.5) is 0 Å².